The van der Waals surface area contributed by atoms with Crippen molar-refractivity contribution < 1.29 is 23.1 Å². The first kappa shape index (κ1) is 25.0. The van der Waals surface area contributed by atoms with Crippen molar-refractivity contribution in [1.82, 2.24) is 9.97 Å². The number of aromatic nitrogens is 2. The summed E-state index contributed by atoms with van der Waals surface area (Å²) in [6.45, 7) is 1.88. The van der Waals surface area contributed by atoms with Crippen LogP contribution >= 0.6 is 0 Å². The van der Waals surface area contributed by atoms with Gasteiger partial charge in [-0.1, -0.05) is 29.8 Å². The normalized spacial score (nSPS) is 22.1. The van der Waals surface area contributed by atoms with Crippen LogP contribution < -0.4 is 5.32 Å². The quantitative estimate of drug-likeness (QED) is 0.264. The molecule has 39 heavy (non-hydrogen) atoms. The number of anilines is 1. The van der Waals surface area contributed by atoms with Gasteiger partial charge in [-0.05, 0) is 56.1 Å². The van der Waals surface area contributed by atoms with Gasteiger partial charge in [-0.3, -0.25) is 4.79 Å². The molecule has 198 valence electrons. The lowest BCUT2D eigenvalue weighted by Gasteiger charge is -2.47. The summed E-state index contributed by atoms with van der Waals surface area (Å²) in [7, 11) is 0. The molecular formula is C30H25F3N4O2. The largest absolute Gasteiger partial charge is 0.481 e. The maximum absolute atomic E-state index is 16.3. The number of aliphatic carboxylic acids is 1. The third-order valence-corrected chi connectivity index (χ3v) is 8.36. The van der Waals surface area contributed by atoms with E-state index in [0.29, 0.717) is 5.56 Å². The molecule has 6 nitrogen and oxygen atoms in total. The highest BCUT2D eigenvalue weighted by Crippen LogP contribution is 2.47. The molecule has 0 saturated heterocycles. The molecule has 3 saturated carbocycles. The van der Waals surface area contributed by atoms with Gasteiger partial charge in [0.15, 0.2) is 11.6 Å². The van der Waals surface area contributed by atoms with Gasteiger partial charge in [-0.15, -0.1) is 0 Å². The van der Waals surface area contributed by atoms with Crippen molar-refractivity contribution >= 4 is 22.7 Å². The molecule has 4 aromatic rings. The molecule has 2 bridgehead atoms. The number of nitriles is 1. The number of aromatic amines is 1. The number of carboxylic acid groups (broad SMARTS) is 1. The minimum absolute atomic E-state index is 0.0101. The number of nitrogens with zero attached hydrogens (tertiary/aromatic N) is 2. The zero-order valence-electron chi connectivity index (χ0n) is 21.1. The standard InChI is InChI=1S/C30H25F3N4O2/c1-14-2-4-15(5-3-14)23-20(12-34)27(21-13-35-28-19(21)10-18(31)11-22(28)32)37-29(25(23)33)36-26-17-8-6-16(7-9-17)24(26)30(38)39/h2-5,10-11,13,16-17,24,26,35H,6-9H2,1H3,(H,36,37)(H,38,39)/t16?,17?,24-,26-/m0/s1. The van der Waals surface area contributed by atoms with E-state index in [2.05, 4.69) is 21.4 Å². The number of hydrogen-bond acceptors (Lipinski definition) is 4. The van der Waals surface area contributed by atoms with Gasteiger partial charge in [0.2, 0.25) is 0 Å². The number of fused-ring (bicyclic) bond motifs is 4. The van der Waals surface area contributed by atoms with Crippen LogP contribution in [0.25, 0.3) is 33.3 Å². The topological polar surface area (TPSA) is 102 Å². The monoisotopic (exact) mass is 530 g/mol. The highest BCUT2D eigenvalue weighted by atomic mass is 19.1. The summed E-state index contributed by atoms with van der Waals surface area (Å²) in [5, 5.41) is 23.5. The molecule has 0 aliphatic heterocycles. The number of hydrogen-bond donors (Lipinski definition) is 3. The SMILES string of the molecule is Cc1ccc(-c2c(F)c(N[C@H]3C4CCC(CC4)[C@@H]3C(=O)O)nc(-c3c[nH]c4c(F)cc(F)cc34)c2C#N)cc1. The first-order valence-corrected chi connectivity index (χ1v) is 12.9. The van der Waals surface area contributed by atoms with E-state index in [1.165, 1.54) is 6.20 Å². The average molecular weight is 531 g/mol. The highest BCUT2D eigenvalue weighted by molar-refractivity contribution is 5.98. The Bertz CT molecular complexity index is 1650. The van der Waals surface area contributed by atoms with E-state index in [1.807, 2.05) is 6.92 Å². The summed E-state index contributed by atoms with van der Waals surface area (Å²) in [6.07, 6.45) is 4.72. The van der Waals surface area contributed by atoms with Crippen molar-refractivity contribution in [1.29, 1.82) is 5.26 Å². The van der Waals surface area contributed by atoms with E-state index in [1.54, 1.807) is 24.3 Å². The van der Waals surface area contributed by atoms with Crippen LogP contribution in [-0.2, 0) is 4.79 Å². The van der Waals surface area contributed by atoms with Crippen molar-refractivity contribution in [3.8, 4) is 28.5 Å². The number of rotatable bonds is 5. The van der Waals surface area contributed by atoms with E-state index in [0.717, 1.165) is 43.4 Å². The maximum Gasteiger partial charge on any atom is 0.308 e. The zero-order valence-corrected chi connectivity index (χ0v) is 21.1. The number of carbonyl (C=O) groups is 1. The summed E-state index contributed by atoms with van der Waals surface area (Å²) in [6, 6.07) is 10.4. The number of carboxylic acids is 1. The van der Waals surface area contributed by atoms with Crippen LogP contribution in [0, 0.1) is 53.5 Å². The Labute approximate surface area is 222 Å². The average Bonchev–Trinajstić information content (AvgIpc) is 3.34. The number of halogens is 3. The smallest absolute Gasteiger partial charge is 0.308 e. The Hall–Kier alpha value is -4.32. The lowest BCUT2D eigenvalue weighted by atomic mass is 9.61. The molecule has 9 heteroatoms. The molecule has 2 atom stereocenters. The number of pyridine rings is 1. The molecule has 3 fully saturated rings. The predicted molar refractivity (Wildman–Crippen MR) is 140 cm³/mol. The number of H-pyrrole nitrogens is 1. The van der Waals surface area contributed by atoms with Crippen molar-refractivity contribution in [2.75, 3.05) is 5.32 Å². The molecule has 2 aromatic carbocycles. The summed E-state index contributed by atoms with van der Waals surface area (Å²) in [4.78, 5) is 19.5. The highest BCUT2D eigenvalue weighted by Gasteiger charge is 2.47. The van der Waals surface area contributed by atoms with Crippen molar-refractivity contribution in [2.24, 2.45) is 17.8 Å². The van der Waals surface area contributed by atoms with Gasteiger partial charge in [0.1, 0.15) is 17.7 Å². The number of aryl methyl sites for hydroxylation is 1. The molecule has 0 unspecified atom stereocenters. The van der Waals surface area contributed by atoms with Gasteiger partial charge in [-0.25, -0.2) is 18.2 Å². The van der Waals surface area contributed by atoms with Crippen LogP contribution in [0.1, 0.15) is 36.8 Å². The van der Waals surface area contributed by atoms with E-state index >= 15 is 4.39 Å². The number of nitrogens with one attached hydrogen (secondary N) is 2. The first-order chi connectivity index (χ1) is 18.8. The van der Waals surface area contributed by atoms with E-state index in [9.17, 15) is 23.9 Å². The Morgan fingerprint density at radius 1 is 1.10 bits per heavy atom. The number of benzene rings is 2. The molecule has 2 heterocycles. The van der Waals surface area contributed by atoms with Crippen molar-refractivity contribution in [2.45, 2.75) is 38.6 Å². The third-order valence-electron chi connectivity index (χ3n) is 8.36. The molecule has 3 aliphatic rings. The lowest BCUT2D eigenvalue weighted by molar-refractivity contribution is -0.148. The second kappa shape index (κ2) is 9.45. The summed E-state index contributed by atoms with van der Waals surface area (Å²) < 4.78 is 45.1. The van der Waals surface area contributed by atoms with Gasteiger partial charge in [0.05, 0.1) is 22.7 Å². The van der Waals surface area contributed by atoms with Gasteiger partial charge < -0.3 is 15.4 Å². The molecule has 2 aromatic heterocycles. The van der Waals surface area contributed by atoms with Gasteiger partial charge in [0, 0.05) is 34.8 Å². The third kappa shape index (κ3) is 4.11. The van der Waals surface area contributed by atoms with Crippen LogP contribution in [0.15, 0.2) is 42.6 Å². The Balaban J connectivity index is 1.59. The summed E-state index contributed by atoms with van der Waals surface area (Å²) in [5.41, 5.74) is 1.58. The van der Waals surface area contributed by atoms with Gasteiger partial charge >= 0.3 is 5.97 Å². The summed E-state index contributed by atoms with van der Waals surface area (Å²) in [5.74, 6) is -4.18. The fourth-order valence-corrected chi connectivity index (χ4v) is 6.48. The Morgan fingerprint density at radius 3 is 2.46 bits per heavy atom. The molecular weight excluding hydrogens is 505 g/mol. The fourth-order valence-electron chi connectivity index (χ4n) is 6.48. The maximum atomic E-state index is 16.3. The van der Waals surface area contributed by atoms with E-state index in [-0.39, 0.29) is 50.9 Å². The van der Waals surface area contributed by atoms with Crippen LogP contribution in [0.3, 0.4) is 0 Å². The first-order valence-electron chi connectivity index (χ1n) is 12.9. The molecule has 7 rings (SSSR count). The molecule has 0 radical (unpaired) electrons. The second-order valence-electron chi connectivity index (χ2n) is 10.6. The van der Waals surface area contributed by atoms with Crippen molar-refractivity contribution in [3.63, 3.8) is 0 Å². The van der Waals surface area contributed by atoms with Gasteiger partial charge in [-0.2, -0.15) is 5.26 Å². The van der Waals surface area contributed by atoms with Crippen LogP contribution in [0.4, 0.5) is 19.0 Å². The second-order valence-corrected chi connectivity index (χ2v) is 10.6. The predicted octanol–water partition coefficient (Wildman–Crippen LogP) is 6.80. The molecule has 3 aliphatic carbocycles. The molecule has 0 spiro atoms. The van der Waals surface area contributed by atoms with Crippen LogP contribution in [-0.4, -0.2) is 27.1 Å². The zero-order chi connectivity index (χ0) is 27.4. The minimum Gasteiger partial charge on any atom is -0.481 e. The van der Waals surface area contributed by atoms with E-state index in [4.69, 9.17) is 0 Å². The Kier molecular flexibility index (Phi) is 6.06. The van der Waals surface area contributed by atoms with Crippen LogP contribution in [0.2, 0.25) is 0 Å². The van der Waals surface area contributed by atoms with Gasteiger partial charge in [0.25, 0.3) is 0 Å². The lowest BCUT2D eigenvalue weighted by Crippen LogP contribution is -2.51. The Morgan fingerprint density at radius 2 is 1.79 bits per heavy atom. The minimum atomic E-state index is -0.933. The summed E-state index contributed by atoms with van der Waals surface area (Å²) >= 11 is 0. The van der Waals surface area contributed by atoms with Crippen molar-refractivity contribution in [3.05, 3.63) is 71.2 Å². The molecule has 3 N–H and O–H groups in total. The fraction of sp³-hybridized carbons (Fsp3) is 0.300. The van der Waals surface area contributed by atoms with Crippen LogP contribution in [0.5, 0.6) is 0 Å². The van der Waals surface area contributed by atoms with E-state index < -0.39 is 35.4 Å². The molecule has 0 amide bonds.